The van der Waals surface area contributed by atoms with Gasteiger partial charge in [-0.1, -0.05) is 24.3 Å². The Morgan fingerprint density at radius 2 is 1.52 bits per heavy atom. The molecule has 2 atom stereocenters. The molecule has 4 heteroatoms. The molecule has 0 aliphatic carbocycles. The summed E-state index contributed by atoms with van der Waals surface area (Å²) < 4.78 is 0. The van der Waals surface area contributed by atoms with Gasteiger partial charge >= 0.3 is 0 Å². The van der Waals surface area contributed by atoms with E-state index in [-0.39, 0.29) is 17.7 Å². The van der Waals surface area contributed by atoms with Gasteiger partial charge in [0.15, 0.2) is 0 Å². The molecule has 0 bridgehead atoms. The van der Waals surface area contributed by atoms with E-state index in [1.54, 1.807) is 6.20 Å². The minimum absolute atomic E-state index is 0.0889. The third-order valence-electron chi connectivity index (χ3n) is 4.87. The van der Waals surface area contributed by atoms with Gasteiger partial charge in [0.05, 0.1) is 0 Å². The maximum absolute atomic E-state index is 12.9. The molecule has 0 saturated carbocycles. The van der Waals surface area contributed by atoms with Gasteiger partial charge in [0, 0.05) is 55.3 Å². The second kappa shape index (κ2) is 6.85. The van der Waals surface area contributed by atoms with Gasteiger partial charge in [0.1, 0.15) is 0 Å². The van der Waals surface area contributed by atoms with Crippen LogP contribution in [0.4, 0.5) is 0 Å². The van der Waals surface area contributed by atoms with E-state index in [1.807, 2.05) is 72.0 Å². The van der Waals surface area contributed by atoms with Crippen molar-refractivity contribution in [1.29, 1.82) is 0 Å². The average Bonchev–Trinajstić information content (AvgIpc) is 3.15. The van der Waals surface area contributed by atoms with E-state index in [9.17, 15) is 4.79 Å². The van der Waals surface area contributed by atoms with Gasteiger partial charge in [0.25, 0.3) is 5.91 Å². The predicted octanol–water partition coefficient (Wildman–Crippen LogP) is 3.50. The highest BCUT2D eigenvalue weighted by atomic mass is 16.2. The predicted molar refractivity (Wildman–Crippen MR) is 96.3 cm³/mol. The van der Waals surface area contributed by atoms with Crippen molar-refractivity contribution in [1.82, 2.24) is 14.9 Å². The van der Waals surface area contributed by atoms with Gasteiger partial charge in [-0.2, -0.15) is 0 Å². The van der Waals surface area contributed by atoms with E-state index in [1.165, 1.54) is 11.1 Å². The van der Waals surface area contributed by atoms with Crippen LogP contribution in [-0.2, 0) is 0 Å². The Balaban J connectivity index is 1.66. The smallest absolute Gasteiger partial charge is 0.253 e. The number of hydrogen-bond donors (Lipinski definition) is 0. The molecule has 0 N–H and O–H groups in total. The lowest BCUT2D eigenvalue weighted by Crippen LogP contribution is -2.28. The third kappa shape index (κ3) is 3.15. The molecule has 1 fully saturated rings. The molecule has 2 aromatic heterocycles. The lowest BCUT2D eigenvalue weighted by atomic mass is 9.85. The first-order valence-electron chi connectivity index (χ1n) is 8.47. The molecule has 0 spiro atoms. The van der Waals surface area contributed by atoms with Crippen LogP contribution < -0.4 is 0 Å². The minimum atomic E-state index is 0.0889. The first kappa shape index (κ1) is 15.5. The lowest BCUT2D eigenvalue weighted by Gasteiger charge is -2.18. The Hall–Kier alpha value is -3.01. The molecule has 4 nitrogen and oxygen atoms in total. The highest BCUT2D eigenvalue weighted by molar-refractivity contribution is 5.94. The average molecular weight is 329 g/mol. The monoisotopic (exact) mass is 329 g/mol. The summed E-state index contributed by atoms with van der Waals surface area (Å²) in [6.45, 7) is 1.41. The van der Waals surface area contributed by atoms with Crippen molar-refractivity contribution in [3.8, 4) is 0 Å². The fourth-order valence-electron chi connectivity index (χ4n) is 3.61. The first-order valence-corrected chi connectivity index (χ1v) is 8.47. The van der Waals surface area contributed by atoms with E-state index in [0.717, 1.165) is 5.56 Å². The van der Waals surface area contributed by atoms with Crippen molar-refractivity contribution >= 4 is 5.91 Å². The fraction of sp³-hybridized carbons (Fsp3) is 0.190. The third-order valence-corrected chi connectivity index (χ3v) is 4.87. The van der Waals surface area contributed by atoms with E-state index in [0.29, 0.717) is 13.1 Å². The first-order chi connectivity index (χ1) is 12.3. The molecular formula is C21H19N3O. The molecule has 4 rings (SSSR count). The van der Waals surface area contributed by atoms with Gasteiger partial charge in [-0.05, 0) is 41.5 Å². The van der Waals surface area contributed by atoms with Crippen molar-refractivity contribution in [3.05, 3.63) is 96.1 Å². The molecule has 1 aliphatic heterocycles. The summed E-state index contributed by atoms with van der Waals surface area (Å²) in [4.78, 5) is 23.2. The molecular weight excluding hydrogens is 310 g/mol. The number of hydrogen-bond acceptors (Lipinski definition) is 3. The second-order valence-corrected chi connectivity index (χ2v) is 6.36. The zero-order valence-electron chi connectivity index (χ0n) is 13.8. The van der Waals surface area contributed by atoms with Gasteiger partial charge in [-0.15, -0.1) is 0 Å². The van der Waals surface area contributed by atoms with Crippen LogP contribution in [-0.4, -0.2) is 33.9 Å². The second-order valence-electron chi connectivity index (χ2n) is 6.36. The number of amides is 1. The van der Waals surface area contributed by atoms with Crippen LogP contribution in [0.5, 0.6) is 0 Å². The molecule has 3 aromatic rings. The number of carbonyl (C=O) groups is 1. The Labute approximate surface area is 147 Å². The van der Waals surface area contributed by atoms with Crippen LogP contribution in [0.3, 0.4) is 0 Å². The molecule has 3 heterocycles. The number of pyridine rings is 2. The molecule has 1 aromatic carbocycles. The standard InChI is InChI=1S/C21H19N3O/c25-21(17-5-2-1-3-6-17)24-14-19(16-8-11-22-12-9-16)20(15-24)18-7-4-10-23-13-18/h1-13,19-20H,14-15H2. The van der Waals surface area contributed by atoms with Crippen molar-refractivity contribution in [3.63, 3.8) is 0 Å². The summed E-state index contributed by atoms with van der Waals surface area (Å²) >= 11 is 0. The van der Waals surface area contributed by atoms with Gasteiger partial charge in [-0.3, -0.25) is 14.8 Å². The quantitative estimate of drug-likeness (QED) is 0.739. The zero-order valence-corrected chi connectivity index (χ0v) is 13.8. The van der Waals surface area contributed by atoms with Crippen LogP contribution in [0.2, 0.25) is 0 Å². The lowest BCUT2D eigenvalue weighted by molar-refractivity contribution is 0.0789. The topological polar surface area (TPSA) is 46.1 Å². The van der Waals surface area contributed by atoms with E-state index < -0.39 is 0 Å². The van der Waals surface area contributed by atoms with Crippen molar-refractivity contribution in [2.75, 3.05) is 13.1 Å². The summed E-state index contributed by atoms with van der Waals surface area (Å²) in [7, 11) is 0. The Bertz CT molecular complexity index is 789. The van der Waals surface area contributed by atoms with Crippen LogP contribution in [0.1, 0.15) is 33.3 Å². The van der Waals surface area contributed by atoms with Gasteiger partial charge < -0.3 is 4.90 Å². The van der Waals surface area contributed by atoms with E-state index >= 15 is 0 Å². The largest absolute Gasteiger partial charge is 0.337 e. The van der Waals surface area contributed by atoms with Crippen molar-refractivity contribution < 1.29 is 4.79 Å². The molecule has 1 amide bonds. The van der Waals surface area contributed by atoms with Crippen molar-refractivity contribution in [2.24, 2.45) is 0 Å². The number of rotatable bonds is 3. The summed E-state index contributed by atoms with van der Waals surface area (Å²) in [5, 5.41) is 0. The maximum atomic E-state index is 12.9. The highest BCUT2D eigenvalue weighted by Gasteiger charge is 2.37. The SMILES string of the molecule is O=C(c1ccccc1)N1CC(c2ccncc2)C(c2cccnc2)C1. The van der Waals surface area contributed by atoms with Gasteiger partial charge in [0.2, 0.25) is 0 Å². The number of aromatic nitrogens is 2. The maximum Gasteiger partial charge on any atom is 0.253 e. The highest BCUT2D eigenvalue weighted by Crippen LogP contribution is 2.39. The van der Waals surface area contributed by atoms with Crippen LogP contribution in [0, 0.1) is 0 Å². The van der Waals surface area contributed by atoms with Crippen LogP contribution in [0.25, 0.3) is 0 Å². The van der Waals surface area contributed by atoms with Crippen LogP contribution in [0.15, 0.2) is 79.4 Å². The number of carbonyl (C=O) groups excluding carboxylic acids is 1. The zero-order chi connectivity index (χ0) is 17.1. The van der Waals surface area contributed by atoms with Gasteiger partial charge in [-0.25, -0.2) is 0 Å². The molecule has 1 saturated heterocycles. The van der Waals surface area contributed by atoms with E-state index in [4.69, 9.17) is 0 Å². The fourth-order valence-corrected chi connectivity index (χ4v) is 3.61. The van der Waals surface area contributed by atoms with E-state index in [2.05, 4.69) is 16.0 Å². The Morgan fingerprint density at radius 3 is 2.20 bits per heavy atom. The summed E-state index contributed by atoms with van der Waals surface area (Å²) in [5.41, 5.74) is 3.13. The summed E-state index contributed by atoms with van der Waals surface area (Å²) in [6.07, 6.45) is 7.33. The number of nitrogens with zero attached hydrogens (tertiary/aromatic N) is 3. The molecule has 124 valence electrons. The van der Waals surface area contributed by atoms with Crippen molar-refractivity contribution in [2.45, 2.75) is 11.8 Å². The molecule has 25 heavy (non-hydrogen) atoms. The Kier molecular flexibility index (Phi) is 4.25. The summed E-state index contributed by atoms with van der Waals surface area (Å²) in [6, 6.07) is 17.6. The minimum Gasteiger partial charge on any atom is -0.337 e. The number of likely N-dealkylation sites (tertiary alicyclic amines) is 1. The normalized spacial score (nSPS) is 19.8. The molecule has 1 aliphatic rings. The van der Waals surface area contributed by atoms with Crippen LogP contribution >= 0.6 is 0 Å². The molecule has 0 radical (unpaired) electrons. The Morgan fingerprint density at radius 1 is 0.800 bits per heavy atom. The summed E-state index contributed by atoms with van der Waals surface area (Å²) in [5.74, 6) is 0.578. The number of benzene rings is 1. The molecule has 2 unspecified atom stereocenters.